The van der Waals surface area contributed by atoms with Crippen LogP contribution in [0.25, 0.3) is 0 Å². The highest BCUT2D eigenvalue weighted by molar-refractivity contribution is 5.75. The molecular formula is C12H18N4O3. The maximum atomic E-state index is 11.6. The zero-order chi connectivity index (χ0) is 13.7. The smallest absolute Gasteiger partial charge is 0.315 e. The molecule has 1 aliphatic rings. The van der Waals surface area contributed by atoms with Gasteiger partial charge in [0.25, 0.3) is 0 Å². The molecule has 19 heavy (non-hydrogen) atoms. The molecule has 1 heterocycles. The molecule has 104 valence electrons. The Balaban J connectivity index is 1.63. The number of carboxylic acid groups (broad SMARTS) is 1. The van der Waals surface area contributed by atoms with E-state index in [0.717, 1.165) is 6.42 Å². The second-order valence-corrected chi connectivity index (χ2v) is 4.75. The average molecular weight is 266 g/mol. The number of hydrogen-bond acceptors (Lipinski definition) is 3. The SMILES string of the molecule is O=C(NCCn1ccnc1)N[C@H]1CC[C@@H](C(=O)O)C1. The molecule has 0 saturated heterocycles. The highest BCUT2D eigenvalue weighted by Gasteiger charge is 2.30. The number of urea groups is 1. The number of nitrogens with one attached hydrogen (secondary N) is 2. The Morgan fingerprint density at radius 1 is 1.42 bits per heavy atom. The molecule has 2 atom stereocenters. The van der Waals surface area contributed by atoms with Crippen molar-refractivity contribution in [1.82, 2.24) is 20.2 Å². The maximum Gasteiger partial charge on any atom is 0.315 e. The van der Waals surface area contributed by atoms with Gasteiger partial charge in [-0.2, -0.15) is 0 Å². The Labute approximate surface area is 111 Å². The van der Waals surface area contributed by atoms with Gasteiger partial charge < -0.3 is 20.3 Å². The number of carboxylic acids is 1. The van der Waals surface area contributed by atoms with Crippen LogP contribution in [-0.4, -0.2) is 39.2 Å². The van der Waals surface area contributed by atoms with Crippen LogP contribution in [0.1, 0.15) is 19.3 Å². The fraction of sp³-hybridized carbons (Fsp3) is 0.583. The van der Waals surface area contributed by atoms with Crippen LogP contribution in [-0.2, 0) is 11.3 Å². The number of amides is 2. The molecule has 1 saturated carbocycles. The van der Waals surface area contributed by atoms with Gasteiger partial charge in [0.2, 0.25) is 0 Å². The second-order valence-electron chi connectivity index (χ2n) is 4.75. The van der Waals surface area contributed by atoms with Gasteiger partial charge in [0.15, 0.2) is 0 Å². The van der Waals surface area contributed by atoms with Crippen molar-refractivity contribution in [2.75, 3.05) is 6.54 Å². The molecule has 1 aliphatic carbocycles. The molecule has 1 fully saturated rings. The van der Waals surface area contributed by atoms with Crippen molar-refractivity contribution in [2.45, 2.75) is 31.8 Å². The minimum atomic E-state index is -0.773. The van der Waals surface area contributed by atoms with E-state index in [4.69, 9.17) is 5.11 Å². The zero-order valence-electron chi connectivity index (χ0n) is 10.6. The number of rotatable bonds is 5. The van der Waals surface area contributed by atoms with Gasteiger partial charge in [-0.25, -0.2) is 9.78 Å². The summed E-state index contributed by atoms with van der Waals surface area (Å²) < 4.78 is 1.87. The van der Waals surface area contributed by atoms with Crippen molar-refractivity contribution in [3.05, 3.63) is 18.7 Å². The number of hydrogen-bond donors (Lipinski definition) is 3. The van der Waals surface area contributed by atoms with E-state index in [9.17, 15) is 9.59 Å². The Morgan fingerprint density at radius 3 is 2.89 bits per heavy atom. The van der Waals surface area contributed by atoms with E-state index in [1.165, 1.54) is 0 Å². The van der Waals surface area contributed by atoms with Crippen LogP contribution < -0.4 is 10.6 Å². The van der Waals surface area contributed by atoms with Crippen LogP contribution >= 0.6 is 0 Å². The van der Waals surface area contributed by atoms with E-state index in [2.05, 4.69) is 15.6 Å². The molecule has 1 aromatic rings. The van der Waals surface area contributed by atoms with Crippen LogP contribution in [0.2, 0.25) is 0 Å². The third-order valence-electron chi connectivity index (χ3n) is 3.33. The van der Waals surface area contributed by atoms with Crippen molar-refractivity contribution in [3.63, 3.8) is 0 Å². The molecule has 0 unspecified atom stereocenters. The van der Waals surface area contributed by atoms with E-state index >= 15 is 0 Å². The summed E-state index contributed by atoms with van der Waals surface area (Å²) in [6.45, 7) is 1.17. The standard InChI is InChI=1S/C12H18N4O3/c17-11(18)9-1-2-10(7-9)15-12(19)14-4-6-16-5-3-13-8-16/h3,5,8-10H,1-2,4,6-7H2,(H,17,18)(H2,14,15,19)/t9-,10+/m1/s1. The van der Waals surface area contributed by atoms with Crippen molar-refractivity contribution in [2.24, 2.45) is 5.92 Å². The van der Waals surface area contributed by atoms with Gasteiger partial charge >= 0.3 is 12.0 Å². The Bertz CT molecular complexity index is 432. The van der Waals surface area contributed by atoms with Gasteiger partial charge in [-0.3, -0.25) is 4.79 Å². The molecule has 7 heteroatoms. The number of carbonyl (C=O) groups is 2. The average Bonchev–Trinajstić information content (AvgIpc) is 3.00. The van der Waals surface area contributed by atoms with Gasteiger partial charge in [0.05, 0.1) is 12.2 Å². The summed E-state index contributed by atoms with van der Waals surface area (Å²) in [6.07, 6.45) is 7.08. The largest absolute Gasteiger partial charge is 0.481 e. The summed E-state index contributed by atoms with van der Waals surface area (Å²) >= 11 is 0. The first-order chi connectivity index (χ1) is 9.15. The molecule has 0 aromatic carbocycles. The summed E-state index contributed by atoms with van der Waals surface area (Å²) in [5.41, 5.74) is 0. The molecular weight excluding hydrogens is 248 g/mol. The van der Waals surface area contributed by atoms with Gasteiger partial charge in [-0.1, -0.05) is 0 Å². The molecule has 0 bridgehead atoms. The normalized spacial score (nSPS) is 22.1. The van der Waals surface area contributed by atoms with Crippen molar-refractivity contribution < 1.29 is 14.7 Å². The quantitative estimate of drug-likeness (QED) is 0.720. The van der Waals surface area contributed by atoms with E-state index in [0.29, 0.717) is 25.9 Å². The number of aliphatic carboxylic acids is 1. The predicted molar refractivity (Wildman–Crippen MR) is 67.5 cm³/mol. The van der Waals surface area contributed by atoms with Crippen LogP contribution in [0.4, 0.5) is 4.79 Å². The van der Waals surface area contributed by atoms with Crippen LogP contribution in [0.3, 0.4) is 0 Å². The van der Waals surface area contributed by atoms with E-state index in [1.807, 2.05) is 10.8 Å². The predicted octanol–water partition coefficient (Wildman–Crippen LogP) is 0.436. The summed E-state index contributed by atoms with van der Waals surface area (Å²) in [5.74, 6) is -1.10. The van der Waals surface area contributed by atoms with Crippen LogP contribution in [0.5, 0.6) is 0 Å². The van der Waals surface area contributed by atoms with Gasteiger partial charge in [0.1, 0.15) is 0 Å². The van der Waals surface area contributed by atoms with Crippen molar-refractivity contribution in [3.8, 4) is 0 Å². The molecule has 0 radical (unpaired) electrons. The van der Waals surface area contributed by atoms with Crippen LogP contribution in [0, 0.1) is 5.92 Å². The zero-order valence-corrected chi connectivity index (χ0v) is 10.6. The maximum absolute atomic E-state index is 11.6. The summed E-state index contributed by atoms with van der Waals surface area (Å²) in [4.78, 5) is 26.3. The first kappa shape index (κ1) is 13.4. The Morgan fingerprint density at radius 2 is 2.26 bits per heavy atom. The number of aromatic nitrogens is 2. The third-order valence-corrected chi connectivity index (χ3v) is 3.33. The summed E-state index contributed by atoms with van der Waals surface area (Å²) in [7, 11) is 0. The van der Waals surface area contributed by atoms with Crippen molar-refractivity contribution in [1.29, 1.82) is 0 Å². The molecule has 3 N–H and O–H groups in total. The Hall–Kier alpha value is -2.05. The lowest BCUT2D eigenvalue weighted by Crippen LogP contribution is -2.42. The first-order valence-corrected chi connectivity index (χ1v) is 6.38. The summed E-state index contributed by atoms with van der Waals surface area (Å²) in [5, 5.41) is 14.4. The van der Waals surface area contributed by atoms with Gasteiger partial charge in [0, 0.05) is 31.5 Å². The molecule has 2 amide bonds. The minimum Gasteiger partial charge on any atom is -0.481 e. The fourth-order valence-electron chi connectivity index (χ4n) is 2.29. The second kappa shape index (κ2) is 6.21. The van der Waals surface area contributed by atoms with E-state index < -0.39 is 5.97 Å². The lowest BCUT2D eigenvalue weighted by Gasteiger charge is -2.13. The molecule has 1 aromatic heterocycles. The third kappa shape index (κ3) is 3.97. The van der Waals surface area contributed by atoms with Crippen LogP contribution in [0.15, 0.2) is 18.7 Å². The molecule has 0 spiro atoms. The minimum absolute atomic E-state index is 0.0330. The lowest BCUT2D eigenvalue weighted by atomic mass is 10.1. The number of carbonyl (C=O) groups excluding carboxylic acids is 1. The Kier molecular flexibility index (Phi) is 4.38. The topological polar surface area (TPSA) is 96.3 Å². The fourth-order valence-corrected chi connectivity index (χ4v) is 2.29. The molecule has 2 rings (SSSR count). The molecule has 0 aliphatic heterocycles. The van der Waals surface area contributed by atoms with E-state index in [-0.39, 0.29) is 18.0 Å². The lowest BCUT2D eigenvalue weighted by molar-refractivity contribution is -0.141. The highest BCUT2D eigenvalue weighted by atomic mass is 16.4. The summed E-state index contributed by atoms with van der Waals surface area (Å²) in [6, 6.07) is -0.273. The van der Waals surface area contributed by atoms with Gasteiger partial charge in [-0.05, 0) is 19.3 Å². The number of nitrogens with zero attached hydrogens (tertiary/aromatic N) is 2. The monoisotopic (exact) mass is 266 g/mol. The highest BCUT2D eigenvalue weighted by Crippen LogP contribution is 2.25. The number of imidazole rings is 1. The first-order valence-electron chi connectivity index (χ1n) is 6.38. The molecule has 7 nitrogen and oxygen atoms in total. The van der Waals surface area contributed by atoms with E-state index in [1.54, 1.807) is 12.5 Å². The van der Waals surface area contributed by atoms with Gasteiger partial charge in [-0.15, -0.1) is 0 Å². The van der Waals surface area contributed by atoms with Crippen molar-refractivity contribution >= 4 is 12.0 Å².